The third-order valence-corrected chi connectivity index (χ3v) is 5.71. The molecule has 5 nitrogen and oxygen atoms in total. The third kappa shape index (κ3) is 8.02. The number of carbonyl (C=O) groups is 2. The minimum Gasteiger partial charge on any atom is -0.483 e. The van der Waals surface area contributed by atoms with Gasteiger partial charge in [-0.3, -0.25) is 9.59 Å². The maximum Gasteiger partial charge on any atom is 0.261 e. The average Bonchev–Trinajstić information content (AvgIpc) is 2.77. The fraction of sp³-hybridized carbons (Fsp3) is 0.440. The van der Waals surface area contributed by atoms with Gasteiger partial charge in [-0.25, -0.2) is 0 Å². The third-order valence-electron chi connectivity index (χ3n) is 5.09. The van der Waals surface area contributed by atoms with E-state index in [1.807, 2.05) is 62.4 Å². The summed E-state index contributed by atoms with van der Waals surface area (Å²) in [6, 6.07) is 15.2. The van der Waals surface area contributed by atoms with Crippen LogP contribution in [0.4, 0.5) is 0 Å². The van der Waals surface area contributed by atoms with E-state index in [4.69, 9.17) is 4.74 Å². The summed E-state index contributed by atoms with van der Waals surface area (Å²) < 4.78 is 6.61. The summed E-state index contributed by atoms with van der Waals surface area (Å²) in [5, 5.41) is 2.93. The number of benzene rings is 2. The number of amides is 2. The topological polar surface area (TPSA) is 58.6 Å². The SMILES string of the molecule is CCc1ccc(OCC(=O)N(CCc2ccccc2)[C@H](C)C(=O)NCC(C)C)c(Br)c1. The Labute approximate surface area is 194 Å². The molecule has 0 aliphatic heterocycles. The smallest absolute Gasteiger partial charge is 0.261 e. The van der Waals surface area contributed by atoms with Crippen LogP contribution < -0.4 is 10.1 Å². The highest BCUT2D eigenvalue weighted by Crippen LogP contribution is 2.26. The number of carbonyl (C=O) groups excluding carboxylic acids is 2. The van der Waals surface area contributed by atoms with Gasteiger partial charge in [0.15, 0.2) is 6.61 Å². The van der Waals surface area contributed by atoms with Gasteiger partial charge in [-0.2, -0.15) is 0 Å². The zero-order chi connectivity index (χ0) is 22.8. The van der Waals surface area contributed by atoms with Crippen molar-refractivity contribution >= 4 is 27.7 Å². The van der Waals surface area contributed by atoms with Crippen molar-refractivity contribution in [3.63, 3.8) is 0 Å². The molecule has 31 heavy (non-hydrogen) atoms. The number of hydrogen-bond donors (Lipinski definition) is 1. The van der Waals surface area contributed by atoms with E-state index in [-0.39, 0.29) is 18.4 Å². The lowest BCUT2D eigenvalue weighted by atomic mass is 10.1. The van der Waals surface area contributed by atoms with Gasteiger partial charge in [-0.15, -0.1) is 0 Å². The maximum atomic E-state index is 13.1. The number of halogens is 1. The molecule has 0 spiro atoms. The van der Waals surface area contributed by atoms with Crippen molar-refractivity contribution in [1.82, 2.24) is 10.2 Å². The van der Waals surface area contributed by atoms with E-state index >= 15 is 0 Å². The number of rotatable bonds is 11. The summed E-state index contributed by atoms with van der Waals surface area (Å²) in [4.78, 5) is 27.3. The van der Waals surface area contributed by atoms with E-state index < -0.39 is 6.04 Å². The highest BCUT2D eigenvalue weighted by atomic mass is 79.9. The second-order valence-corrected chi connectivity index (χ2v) is 8.90. The van der Waals surface area contributed by atoms with Crippen LogP contribution in [-0.2, 0) is 22.4 Å². The quantitative estimate of drug-likeness (QED) is 0.501. The lowest BCUT2D eigenvalue weighted by Gasteiger charge is -2.29. The van der Waals surface area contributed by atoms with E-state index in [2.05, 4.69) is 28.2 Å². The Morgan fingerprint density at radius 3 is 2.39 bits per heavy atom. The molecule has 0 saturated heterocycles. The van der Waals surface area contributed by atoms with Crippen LogP contribution in [0.3, 0.4) is 0 Å². The fourth-order valence-corrected chi connectivity index (χ4v) is 3.67. The molecule has 0 aliphatic carbocycles. The molecule has 0 fully saturated rings. The first kappa shape index (κ1) is 24.9. The van der Waals surface area contributed by atoms with Crippen molar-refractivity contribution < 1.29 is 14.3 Å². The summed E-state index contributed by atoms with van der Waals surface area (Å²) in [6.45, 7) is 8.83. The largest absolute Gasteiger partial charge is 0.483 e. The van der Waals surface area contributed by atoms with Gasteiger partial charge in [0.25, 0.3) is 5.91 Å². The monoisotopic (exact) mass is 488 g/mol. The van der Waals surface area contributed by atoms with Crippen molar-refractivity contribution in [2.24, 2.45) is 5.92 Å². The zero-order valence-corrected chi connectivity index (χ0v) is 20.4. The Balaban J connectivity index is 2.08. The van der Waals surface area contributed by atoms with Gasteiger partial charge in [0, 0.05) is 13.1 Å². The highest BCUT2D eigenvalue weighted by Gasteiger charge is 2.26. The predicted octanol–water partition coefficient (Wildman–Crippen LogP) is 4.62. The average molecular weight is 489 g/mol. The van der Waals surface area contributed by atoms with Crippen LogP contribution >= 0.6 is 15.9 Å². The van der Waals surface area contributed by atoms with Crippen LogP contribution in [0.1, 0.15) is 38.8 Å². The van der Waals surface area contributed by atoms with Gasteiger partial charge in [0.05, 0.1) is 4.47 Å². The van der Waals surface area contributed by atoms with E-state index in [1.54, 1.807) is 11.8 Å². The van der Waals surface area contributed by atoms with E-state index in [0.29, 0.717) is 31.2 Å². The molecule has 0 aromatic heterocycles. The Kier molecular flexibility index (Phi) is 10.0. The van der Waals surface area contributed by atoms with Crippen LogP contribution in [0.15, 0.2) is 53.0 Å². The highest BCUT2D eigenvalue weighted by molar-refractivity contribution is 9.10. The van der Waals surface area contributed by atoms with Gasteiger partial charge in [0.2, 0.25) is 5.91 Å². The molecule has 6 heteroatoms. The van der Waals surface area contributed by atoms with Gasteiger partial charge in [0.1, 0.15) is 11.8 Å². The molecule has 0 unspecified atom stereocenters. The summed E-state index contributed by atoms with van der Waals surface area (Å²) in [5.41, 5.74) is 2.30. The van der Waals surface area contributed by atoms with E-state index in [1.165, 1.54) is 5.56 Å². The second kappa shape index (κ2) is 12.5. The molecule has 2 aromatic rings. The molecule has 0 aliphatic rings. The normalized spacial score (nSPS) is 11.8. The number of nitrogens with zero attached hydrogens (tertiary/aromatic N) is 1. The Bertz CT molecular complexity index is 855. The van der Waals surface area contributed by atoms with Gasteiger partial charge >= 0.3 is 0 Å². The first-order valence-corrected chi connectivity index (χ1v) is 11.6. The maximum absolute atomic E-state index is 13.1. The van der Waals surface area contributed by atoms with Gasteiger partial charge in [-0.1, -0.05) is 57.2 Å². The molecule has 2 amide bonds. The summed E-state index contributed by atoms with van der Waals surface area (Å²) in [6.07, 6.45) is 1.59. The van der Waals surface area contributed by atoms with Crippen LogP contribution in [0.25, 0.3) is 0 Å². The van der Waals surface area contributed by atoms with Crippen LogP contribution in [-0.4, -0.2) is 42.5 Å². The minimum atomic E-state index is -0.579. The summed E-state index contributed by atoms with van der Waals surface area (Å²) in [5.74, 6) is 0.597. The Morgan fingerprint density at radius 2 is 1.77 bits per heavy atom. The molecular weight excluding hydrogens is 456 g/mol. The lowest BCUT2D eigenvalue weighted by Crippen LogP contribution is -2.50. The van der Waals surface area contributed by atoms with Crippen LogP contribution in [0, 0.1) is 5.92 Å². The summed E-state index contributed by atoms with van der Waals surface area (Å²) >= 11 is 3.51. The van der Waals surface area contributed by atoms with Crippen LogP contribution in [0.5, 0.6) is 5.75 Å². The van der Waals surface area contributed by atoms with Crippen LogP contribution in [0.2, 0.25) is 0 Å². The number of ether oxygens (including phenoxy) is 1. The number of nitrogens with one attached hydrogen (secondary N) is 1. The number of hydrogen-bond acceptors (Lipinski definition) is 3. The second-order valence-electron chi connectivity index (χ2n) is 8.04. The molecule has 2 rings (SSSR count). The van der Waals surface area contributed by atoms with Crippen molar-refractivity contribution in [3.05, 3.63) is 64.1 Å². The molecule has 0 bridgehead atoms. The lowest BCUT2D eigenvalue weighted by molar-refractivity contribution is -0.141. The molecular formula is C25H33BrN2O3. The number of aryl methyl sites for hydroxylation is 1. The molecule has 0 saturated carbocycles. The summed E-state index contributed by atoms with van der Waals surface area (Å²) in [7, 11) is 0. The van der Waals surface area contributed by atoms with Crippen molar-refractivity contribution in [1.29, 1.82) is 0 Å². The van der Waals surface area contributed by atoms with Crippen molar-refractivity contribution in [3.8, 4) is 5.75 Å². The molecule has 1 atom stereocenters. The van der Waals surface area contributed by atoms with Crippen molar-refractivity contribution in [2.75, 3.05) is 19.7 Å². The zero-order valence-electron chi connectivity index (χ0n) is 18.9. The van der Waals surface area contributed by atoms with Crippen molar-refractivity contribution in [2.45, 2.75) is 46.6 Å². The van der Waals surface area contributed by atoms with E-state index in [9.17, 15) is 9.59 Å². The van der Waals surface area contributed by atoms with E-state index in [0.717, 1.165) is 16.5 Å². The molecule has 168 valence electrons. The first-order chi connectivity index (χ1) is 14.8. The Hall–Kier alpha value is -2.34. The predicted molar refractivity (Wildman–Crippen MR) is 128 cm³/mol. The Morgan fingerprint density at radius 1 is 1.06 bits per heavy atom. The molecule has 0 radical (unpaired) electrons. The minimum absolute atomic E-state index is 0.124. The molecule has 0 heterocycles. The first-order valence-electron chi connectivity index (χ1n) is 10.8. The molecule has 2 aromatic carbocycles. The standard InChI is InChI=1S/C25H33BrN2O3/c1-5-20-11-12-23(22(26)15-20)31-17-24(29)28(14-13-21-9-7-6-8-10-21)19(4)25(30)27-16-18(2)3/h6-12,15,18-19H,5,13-14,16-17H2,1-4H3,(H,27,30)/t19-/m1/s1. The fourth-order valence-electron chi connectivity index (χ4n) is 3.13. The van der Waals surface area contributed by atoms with Gasteiger partial charge < -0.3 is 15.0 Å². The van der Waals surface area contributed by atoms with Gasteiger partial charge in [-0.05, 0) is 64.9 Å². The molecule has 1 N–H and O–H groups in total.